The number of benzene rings is 1. The fraction of sp³-hybridized carbons (Fsp3) is 0.467. The predicted molar refractivity (Wildman–Crippen MR) is 78.5 cm³/mol. The van der Waals surface area contributed by atoms with Crippen molar-refractivity contribution in [1.82, 2.24) is 4.57 Å². The van der Waals surface area contributed by atoms with Crippen LogP contribution in [0.3, 0.4) is 0 Å². The van der Waals surface area contributed by atoms with Crippen LogP contribution < -0.4 is 0 Å². The summed E-state index contributed by atoms with van der Waals surface area (Å²) in [5.41, 5.74) is 2.93. The van der Waals surface area contributed by atoms with Gasteiger partial charge in [-0.05, 0) is 43.5 Å². The van der Waals surface area contributed by atoms with Crippen molar-refractivity contribution in [2.75, 3.05) is 0 Å². The predicted octanol–water partition coefficient (Wildman–Crippen LogP) is 5.32. The molecule has 0 bridgehead atoms. The molecule has 0 aliphatic rings. The van der Waals surface area contributed by atoms with Crippen LogP contribution in [0.5, 0.6) is 0 Å². The van der Waals surface area contributed by atoms with Crippen LogP contribution in [0.4, 0.5) is 0 Å². The van der Waals surface area contributed by atoms with Crippen LogP contribution in [0.15, 0.2) is 28.7 Å². The van der Waals surface area contributed by atoms with Gasteiger partial charge in [0.25, 0.3) is 0 Å². The second-order valence-electron chi connectivity index (χ2n) is 5.90. The van der Waals surface area contributed by atoms with Crippen molar-refractivity contribution in [3.63, 3.8) is 0 Å². The van der Waals surface area contributed by atoms with Gasteiger partial charge in [-0.2, -0.15) is 0 Å². The van der Waals surface area contributed by atoms with Crippen LogP contribution in [-0.2, 0) is 0 Å². The Balaban J connectivity index is 2.65. The molecule has 1 unspecified atom stereocenters. The molecule has 0 saturated heterocycles. The van der Waals surface area contributed by atoms with E-state index in [2.05, 4.69) is 79.4 Å². The molecule has 17 heavy (non-hydrogen) atoms. The number of rotatable bonds is 1. The summed E-state index contributed by atoms with van der Waals surface area (Å²) in [6.07, 6.45) is 0. The lowest BCUT2D eigenvalue weighted by molar-refractivity contribution is 0.265. The molecular formula is C15H20BrN. The molecule has 0 radical (unpaired) electrons. The SMILES string of the molecule is Cc1cc2cc(Br)ccc2n1C(C)C(C)(C)C. The van der Waals surface area contributed by atoms with E-state index in [9.17, 15) is 0 Å². The second-order valence-corrected chi connectivity index (χ2v) is 6.82. The summed E-state index contributed by atoms with van der Waals surface area (Å²) in [7, 11) is 0. The first-order valence-electron chi connectivity index (χ1n) is 6.08. The highest BCUT2D eigenvalue weighted by Gasteiger charge is 2.23. The fourth-order valence-electron chi connectivity index (χ4n) is 2.25. The Morgan fingerprint density at radius 1 is 1.18 bits per heavy atom. The van der Waals surface area contributed by atoms with Crippen LogP contribution in [0.2, 0.25) is 0 Å². The Hall–Kier alpha value is -0.760. The number of aryl methyl sites for hydroxylation is 1. The highest BCUT2D eigenvalue weighted by Crippen LogP contribution is 2.35. The summed E-state index contributed by atoms with van der Waals surface area (Å²) in [5.74, 6) is 0. The van der Waals surface area contributed by atoms with E-state index in [1.54, 1.807) is 0 Å². The zero-order valence-electron chi connectivity index (χ0n) is 11.2. The molecule has 0 aliphatic carbocycles. The molecule has 1 heterocycles. The van der Waals surface area contributed by atoms with Gasteiger partial charge in [0, 0.05) is 27.1 Å². The number of aromatic nitrogens is 1. The van der Waals surface area contributed by atoms with Crippen molar-refractivity contribution in [3.8, 4) is 0 Å². The Bertz CT molecular complexity index is 546. The zero-order valence-corrected chi connectivity index (χ0v) is 12.8. The Morgan fingerprint density at radius 3 is 2.41 bits per heavy atom. The lowest BCUT2D eigenvalue weighted by Crippen LogP contribution is -2.22. The third kappa shape index (κ3) is 2.28. The molecule has 92 valence electrons. The quantitative estimate of drug-likeness (QED) is 0.671. The monoisotopic (exact) mass is 293 g/mol. The van der Waals surface area contributed by atoms with Crippen LogP contribution >= 0.6 is 15.9 Å². The van der Waals surface area contributed by atoms with Crippen LogP contribution in [0, 0.1) is 12.3 Å². The molecule has 1 nitrogen and oxygen atoms in total. The van der Waals surface area contributed by atoms with Gasteiger partial charge in [-0.25, -0.2) is 0 Å². The average molecular weight is 294 g/mol. The maximum atomic E-state index is 3.53. The van der Waals surface area contributed by atoms with E-state index in [4.69, 9.17) is 0 Å². The van der Waals surface area contributed by atoms with Crippen molar-refractivity contribution in [2.24, 2.45) is 5.41 Å². The maximum Gasteiger partial charge on any atom is 0.0485 e. The fourth-order valence-corrected chi connectivity index (χ4v) is 2.63. The molecule has 2 heteroatoms. The molecule has 0 fully saturated rings. The highest BCUT2D eigenvalue weighted by molar-refractivity contribution is 9.10. The summed E-state index contributed by atoms with van der Waals surface area (Å²) in [6, 6.07) is 9.26. The largest absolute Gasteiger partial charge is 0.342 e. The number of halogens is 1. The molecule has 2 aromatic rings. The van der Waals surface area contributed by atoms with Gasteiger partial charge in [-0.15, -0.1) is 0 Å². The van der Waals surface area contributed by atoms with Crippen molar-refractivity contribution in [2.45, 2.75) is 40.7 Å². The third-order valence-electron chi connectivity index (χ3n) is 3.63. The van der Waals surface area contributed by atoms with E-state index in [1.807, 2.05) is 0 Å². The minimum atomic E-state index is 0.268. The standard InChI is InChI=1S/C15H20BrN/c1-10-8-12-9-13(16)6-7-14(12)17(10)11(2)15(3,4)5/h6-9,11H,1-5H3. The van der Waals surface area contributed by atoms with Gasteiger partial charge in [0.2, 0.25) is 0 Å². The summed E-state index contributed by atoms with van der Waals surface area (Å²) in [6.45, 7) is 11.4. The lowest BCUT2D eigenvalue weighted by atomic mass is 9.87. The first kappa shape index (κ1) is 12.7. The van der Waals surface area contributed by atoms with Gasteiger partial charge in [0.15, 0.2) is 0 Å². The first-order chi connectivity index (χ1) is 7.80. The number of hydrogen-bond donors (Lipinski definition) is 0. The Morgan fingerprint density at radius 2 is 1.82 bits per heavy atom. The van der Waals surface area contributed by atoms with Crippen LogP contribution in [0.1, 0.15) is 39.4 Å². The van der Waals surface area contributed by atoms with E-state index in [-0.39, 0.29) is 5.41 Å². The summed E-state index contributed by atoms with van der Waals surface area (Å²) in [4.78, 5) is 0. The molecule has 0 amide bonds. The topological polar surface area (TPSA) is 4.93 Å². The van der Waals surface area contributed by atoms with Crippen molar-refractivity contribution < 1.29 is 0 Å². The van der Waals surface area contributed by atoms with E-state index in [0.29, 0.717) is 6.04 Å². The Labute approximate surface area is 112 Å². The summed E-state index contributed by atoms with van der Waals surface area (Å²) in [5, 5.41) is 1.31. The van der Waals surface area contributed by atoms with Crippen LogP contribution in [-0.4, -0.2) is 4.57 Å². The van der Waals surface area contributed by atoms with Crippen molar-refractivity contribution in [1.29, 1.82) is 0 Å². The molecule has 0 N–H and O–H groups in total. The van der Waals surface area contributed by atoms with Crippen molar-refractivity contribution >= 4 is 26.8 Å². The van der Waals surface area contributed by atoms with Gasteiger partial charge in [0.1, 0.15) is 0 Å². The smallest absolute Gasteiger partial charge is 0.0485 e. The maximum absolute atomic E-state index is 3.53. The zero-order chi connectivity index (χ0) is 12.8. The number of fused-ring (bicyclic) bond motifs is 1. The van der Waals surface area contributed by atoms with Gasteiger partial charge >= 0.3 is 0 Å². The molecule has 0 spiro atoms. The van der Waals surface area contributed by atoms with Crippen molar-refractivity contribution in [3.05, 3.63) is 34.4 Å². The highest BCUT2D eigenvalue weighted by atomic mass is 79.9. The first-order valence-corrected chi connectivity index (χ1v) is 6.87. The molecule has 0 saturated carbocycles. The average Bonchev–Trinajstić information content (AvgIpc) is 2.50. The molecular weight excluding hydrogens is 274 g/mol. The lowest BCUT2D eigenvalue weighted by Gasteiger charge is -2.30. The van der Waals surface area contributed by atoms with Gasteiger partial charge in [-0.1, -0.05) is 36.7 Å². The Kier molecular flexibility index (Phi) is 3.11. The van der Waals surface area contributed by atoms with Gasteiger partial charge < -0.3 is 4.57 Å². The minimum Gasteiger partial charge on any atom is -0.342 e. The van der Waals surface area contributed by atoms with Crippen LogP contribution in [0.25, 0.3) is 10.9 Å². The van der Waals surface area contributed by atoms with E-state index < -0.39 is 0 Å². The molecule has 1 aromatic heterocycles. The second kappa shape index (κ2) is 4.16. The van der Waals surface area contributed by atoms with E-state index in [1.165, 1.54) is 16.6 Å². The molecule has 1 aromatic carbocycles. The molecule has 2 rings (SSSR count). The van der Waals surface area contributed by atoms with Gasteiger partial charge in [0.05, 0.1) is 0 Å². The number of hydrogen-bond acceptors (Lipinski definition) is 0. The normalized spacial score (nSPS) is 14.2. The molecule has 1 atom stereocenters. The molecule has 0 aliphatic heterocycles. The third-order valence-corrected chi connectivity index (χ3v) is 4.13. The van der Waals surface area contributed by atoms with E-state index >= 15 is 0 Å². The summed E-state index contributed by atoms with van der Waals surface area (Å²) >= 11 is 3.53. The van der Waals surface area contributed by atoms with Gasteiger partial charge in [-0.3, -0.25) is 0 Å². The van der Waals surface area contributed by atoms with E-state index in [0.717, 1.165) is 4.47 Å². The number of nitrogens with zero attached hydrogens (tertiary/aromatic N) is 1. The minimum absolute atomic E-state index is 0.268. The summed E-state index contributed by atoms with van der Waals surface area (Å²) < 4.78 is 3.59.